The van der Waals surface area contributed by atoms with Gasteiger partial charge in [0, 0.05) is 5.69 Å². The third-order valence-corrected chi connectivity index (χ3v) is 2.11. The maximum Gasteiger partial charge on any atom is 0.177 e. The first kappa shape index (κ1) is 8.44. The summed E-state index contributed by atoms with van der Waals surface area (Å²) in [6, 6.07) is 1.81. The first-order valence-corrected chi connectivity index (χ1v) is 4.43. The highest BCUT2D eigenvalue weighted by atomic mass is 35.5. The molecule has 0 atom stereocenters. The van der Waals surface area contributed by atoms with Gasteiger partial charge in [-0.1, -0.05) is 30.7 Å². The quantitative estimate of drug-likeness (QED) is 0.655. The largest absolute Gasteiger partial charge is 0.232 e. The van der Waals surface area contributed by atoms with Gasteiger partial charge in [0.05, 0.1) is 6.20 Å². The lowest BCUT2D eigenvalue weighted by molar-refractivity contribution is 0.795. The standard InChI is InChI=1S/C8H9ClN4/c1-5(2)6-3-7(9)13-8(11-6)4-10-12-13/h3-5H,1-2H3. The minimum absolute atomic E-state index is 0.359. The lowest BCUT2D eigenvalue weighted by atomic mass is 10.1. The van der Waals surface area contributed by atoms with E-state index in [1.807, 2.05) is 6.07 Å². The first-order chi connectivity index (χ1) is 6.18. The second-order valence-electron chi connectivity index (χ2n) is 3.16. The number of aromatic nitrogens is 4. The molecule has 0 spiro atoms. The predicted molar refractivity (Wildman–Crippen MR) is 49.9 cm³/mol. The zero-order valence-corrected chi connectivity index (χ0v) is 8.15. The van der Waals surface area contributed by atoms with Gasteiger partial charge in [-0.05, 0) is 12.0 Å². The molecule has 2 rings (SSSR count). The second kappa shape index (κ2) is 2.96. The van der Waals surface area contributed by atoms with Crippen LogP contribution >= 0.6 is 11.6 Å². The average molecular weight is 197 g/mol. The lowest BCUT2D eigenvalue weighted by Crippen LogP contribution is -1.98. The molecule has 0 aliphatic rings. The second-order valence-corrected chi connectivity index (χ2v) is 3.55. The highest BCUT2D eigenvalue weighted by Crippen LogP contribution is 2.17. The van der Waals surface area contributed by atoms with Crippen molar-refractivity contribution in [3.8, 4) is 0 Å². The van der Waals surface area contributed by atoms with Crippen molar-refractivity contribution < 1.29 is 0 Å². The Morgan fingerprint density at radius 1 is 1.46 bits per heavy atom. The van der Waals surface area contributed by atoms with Crippen LogP contribution in [0.4, 0.5) is 0 Å². The van der Waals surface area contributed by atoms with Gasteiger partial charge in [0.15, 0.2) is 5.65 Å². The van der Waals surface area contributed by atoms with Gasteiger partial charge in [0.25, 0.3) is 0 Å². The number of fused-ring (bicyclic) bond motifs is 1. The van der Waals surface area contributed by atoms with Gasteiger partial charge in [-0.25, -0.2) is 4.98 Å². The number of nitrogens with zero attached hydrogens (tertiary/aromatic N) is 4. The van der Waals surface area contributed by atoms with Crippen LogP contribution in [0.15, 0.2) is 12.3 Å². The van der Waals surface area contributed by atoms with Crippen molar-refractivity contribution in [2.75, 3.05) is 0 Å². The van der Waals surface area contributed by atoms with E-state index >= 15 is 0 Å². The van der Waals surface area contributed by atoms with E-state index in [-0.39, 0.29) is 0 Å². The molecule has 0 saturated carbocycles. The fraction of sp³-hybridized carbons (Fsp3) is 0.375. The van der Waals surface area contributed by atoms with Gasteiger partial charge in [-0.15, -0.1) is 5.10 Å². The van der Waals surface area contributed by atoms with E-state index in [0.29, 0.717) is 16.7 Å². The molecule has 2 heterocycles. The summed E-state index contributed by atoms with van der Waals surface area (Å²) in [5, 5.41) is 8.07. The van der Waals surface area contributed by atoms with E-state index in [1.165, 1.54) is 4.52 Å². The molecule has 0 fully saturated rings. The Morgan fingerprint density at radius 3 is 2.92 bits per heavy atom. The van der Waals surface area contributed by atoms with Crippen molar-refractivity contribution in [3.05, 3.63) is 23.1 Å². The molecule has 0 bridgehead atoms. The summed E-state index contributed by atoms with van der Waals surface area (Å²) >= 11 is 5.97. The molecule has 68 valence electrons. The Bertz CT molecular complexity index is 435. The monoisotopic (exact) mass is 196 g/mol. The molecule has 2 aromatic heterocycles. The summed E-state index contributed by atoms with van der Waals surface area (Å²) in [5.74, 6) is 0.359. The van der Waals surface area contributed by atoms with Gasteiger partial charge in [0.1, 0.15) is 5.15 Å². The zero-order chi connectivity index (χ0) is 9.42. The summed E-state index contributed by atoms with van der Waals surface area (Å²) in [6.45, 7) is 4.14. The third-order valence-electron chi connectivity index (χ3n) is 1.84. The van der Waals surface area contributed by atoms with Crippen molar-refractivity contribution in [2.24, 2.45) is 0 Å². The molecule has 13 heavy (non-hydrogen) atoms. The van der Waals surface area contributed by atoms with Crippen molar-refractivity contribution in [3.63, 3.8) is 0 Å². The van der Waals surface area contributed by atoms with Gasteiger partial charge in [0.2, 0.25) is 0 Å². The molecule has 0 aromatic carbocycles. The molecule has 0 unspecified atom stereocenters. The average Bonchev–Trinajstić information content (AvgIpc) is 2.51. The number of hydrogen-bond acceptors (Lipinski definition) is 3. The molecule has 0 aliphatic heterocycles. The Kier molecular flexibility index (Phi) is 1.92. The van der Waals surface area contributed by atoms with Crippen molar-refractivity contribution in [1.29, 1.82) is 0 Å². The minimum Gasteiger partial charge on any atom is -0.232 e. The van der Waals surface area contributed by atoms with E-state index in [4.69, 9.17) is 11.6 Å². The maximum atomic E-state index is 5.97. The van der Waals surface area contributed by atoms with Crippen LogP contribution in [0.2, 0.25) is 5.15 Å². The van der Waals surface area contributed by atoms with Crippen LogP contribution in [0, 0.1) is 0 Å². The molecule has 4 nitrogen and oxygen atoms in total. The Morgan fingerprint density at radius 2 is 2.23 bits per heavy atom. The van der Waals surface area contributed by atoms with Crippen LogP contribution in [-0.2, 0) is 0 Å². The normalized spacial score (nSPS) is 11.4. The van der Waals surface area contributed by atoms with E-state index < -0.39 is 0 Å². The van der Waals surface area contributed by atoms with E-state index in [1.54, 1.807) is 6.20 Å². The number of halogens is 1. The molecule has 0 saturated heterocycles. The Labute approximate surface area is 80.5 Å². The maximum absolute atomic E-state index is 5.97. The summed E-state index contributed by atoms with van der Waals surface area (Å²) < 4.78 is 1.51. The highest BCUT2D eigenvalue weighted by Gasteiger charge is 2.07. The van der Waals surface area contributed by atoms with E-state index in [9.17, 15) is 0 Å². The van der Waals surface area contributed by atoms with E-state index in [2.05, 4.69) is 29.1 Å². The topological polar surface area (TPSA) is 43.1 Å². The fourth-order valence-electron chi connectivity index (χ4n) is 1.10. The zero-order valence-electron chi connectivity index (χ0n) is 7.40. The van der Waals surface area contributed by atoms with E-state index in [0.717, 1.165) is 5.69 Å². The third kappa shape index (κ3) is 1.37. The van der Waals surface area contributed by atoms with Gasteiger partial charge >= 0.3 is 0 Å². The molecule has 2 aromatic rings. The molecule has 0 radical (unpaired) electrons. The lowest BCUT2D eigenvalue weighted by Gasteiger charge is -2.04. The minimum atomic E-state index is 0.359. The molecular weight excluding hydrogens is 188 g/mol. The Hall–Kier alpha value is -1.16. The first-order valence-electron chi connectivity index (χ1n) is 4.05. The van der Waals surface area contributed by atoms with Crippen molar-refractivity contribution in [1.82, 2.24) is 19.8 Å². The molecular formula is C8H9ClN4. The van der Waals surface area contributed by atoms with Crippen LogP contribution in [0.3, 0.4) is 0 Å². The van der Waals surface area contributed by atoms with Gasteiger partial charge < -0.3 is 0 Å². The predicted octanol–water partition coefficient (Wildman–Crippen LogP) is 1.90. The van der Waals surface area contributed by atoms with Crippen molar-refractivity contribution in [2.45, 2.75) is 19.8 Å². The fourth-order valence-corrected chi connectivity index (χ4v) is 1.33. The molecule has 5 heteroatoms. The van der Waals surface area contributed by atoms with Gasteiger partial charge in [-0.2, -0.15) is 4.52 Å². The number of hydrogen-bond donors (Lipinski definition) is 0. The van der Waals surface area contributed by atoms with Crippen LogP contribution in [-0.4, -0.2) is 19.8 Å². The Balaban J connectivity index is 2.70. The smallest absolute Gasteiger partial charge is 0.177 e. The van der Waals surface area contributed by atoms with Crippen LogP contribution in [0.5, 0.6) is 0 Å². The molecule has 0 aliphatic carbocycles. The molecule has 0 amide bonds. The summed E-state index contributed by atoms with van der Waals surface area (Å²) in [5.41, 5.74) is 1.65. The summed E-state index contributed by atoms with van der Waals surface area (Å²) in [6.07, 6.45) is 1.60. The van der Waals surface area contributed by atoms with Crippen LogP contribution in [0.1, 0.15) is 25.5 Å². The highest BCUT2D eigenvalue weighted by molar-refractivity contribution is 6.29. The molecule has 0 N–H and O–H groups in total. The number of rotatable bonds is 1. The van der Waals surface area contributed by atoms with Gasteiger partial charge in [-0.3, -0.25) is 0 Å². The SMILES string of the molecule is CC(C)c1cc(Cl)n2nncc2n1. The van der Waals surface area contributed by atoms with Crippen molar-refractivity contribution >= 4 is 17.2 Å². The van der Waals surface area contributed by atoms with Crippen LogP contribution in [0.25, 0.3) is 5.65 Å². The van der Waals surface area contributed by atoms with Crippen LogP contribution < -0.4 is 0 Å². The summed E-state index contributed by atoms with van der Waals surface area (Å²) in [4.78, 5) is 4.35. The summed E-state index contributed by atoms with van der Waals surface area (Å²) in [7, 11) is 0.